The van der Waals surface area contributed by atoms with Crippen LogP contribution in [0.5, 0.6) is 0 Å². The van der Waals surface area contributed by atoms with Crippen LogP contribution in [0.3, 0.4) is 0 Å². The van der Waals surface area contributed by atoms with E-state index in [-0.39, 0.29) is 30.7 Å². The van der Waals surface area contributed by atoms with Gasteiger partial charge in [-0.25, -0.2) is 4.98 Å². The number of carbonyl (C=O) groups is 1. The number of benzene rings is 1. The van der Waals surface area contributed by atoms with Gasteiger partial charge in [-0.2, -0.15) is 0 Å². The molecule has 2 fully saturated rings. The minimum Gasteiger partial charge on any atom is -0.343 e. The van der Waals surface area contributed by atoms with E-state index in [1.807, 2.05) is 29.4 Å². The van der Waals surface area contributed by atoms with Gasteiger partial charge < -0.3 is 14.8 Å². The van der Waals surface area contributed by atoms with Gasteiger partial charge >= 0.3 is 0 Å². The first-order chi connectivity index (χ1) is 11.8. The Morgan fingerprint density at radius 1 is 1.12 bits per heavy atom. The van der Waals surface area contributed by atoms with E-state index in [2.05, 4.69) is 20.9 Å². The third kappa shape index (κ3) is 5.12. The molecule has 2 aromatic rings. The van der Waals surface area contributed by atoms with Crippen molar-refractivity contribution in [2.75, 3.05) is 19.6 Å². The minimum absolute atomic E-state index is 0. The van der Waals surface area contributed by atoms with Gasteiger partial charge in [0.05, 0.1) is 17.4 Å². The summed E-state index contributed by atoms with van der Waals surface area (Å²) in [7, 11) is 0. The Morgan fingerprint density at radius 2 is 1.85 bits per heavy atom. The third-order valence-corrected chi connectivity index (χ3v) is 5.33. The molecule has 1 aromatic heterocycles. The Balaban J connectivity index is 0.00000121. The number of nitrogens with one attached hydrogen (secondary N) is 1. The average Bonchev–Trinajstić information content (AvgIpc) is 3.37. The molecule has 2 heterocycles. The number of amides is 1. The smallest absolute Gasteiger partial charge is 0.224 e. The Kier molecular flexibility index (Phi) is 7.74. The lowest BCUT2D eigenvalue weighted by molar-refractivity contribution is -0.132. The number of para-hydroxylation sites is 2. The molecule has 7 heteroatoms. The molecule has 0 atom stereocenters. The van der Waals surface area contributed by atoms with Gasteiger partial charge in [0, 0.05) is 32.1 Å². The highest BCUT2D eigenvalue weighted by molar-refractivity contribution is 5.85. The maximum Gasteiger partial charge on any atom is 0.224 e. The number of likely N-dealkylation sites (tertiary alicyclic amines) is 1. The zero-order valence-corrected chi connectivity index (χ0v) is 16.6. The van der Waals surface area contributed by atoms with E-state index in [9.17, 15) is 4.79 Å². The lowest BCUT2D eigenvalue weighted by Crippen LogP contribution is -2.45. The van der Waals surface area contributed by atoms with Crippen LogP contribution >= 0.6 is 24.8 Å². The first-order valence-corrected chi connectivity index (χ1v) is 9.20. The van der Waals surface area contributed by atoms with Crippen LogP contribution in [0.1, 0.15) is 32.1 Å². The molecule has 1 aromatic carbocycles. The van der Waals surface area contributed by atoms with E-state index in [1.54, 1.807) is 0 Å². The van der Waals surface area contributed by atoms with Gasteiger partial charge in [-0.15, -0.1) is 24.8 Å². The third-order valence-electron chi connectivity index (χ3n) is 5.33. The zero-order valence-electron chi connectivity index (χ0n) is 15.0. The summed E-state index contributed by atoms with van der Waals surface area (Å²) in [6, 6.07) is 8.68. The molecule has 0 bridgehead atoms. The van der Waals surface area contributed by atoms with Crippen molar-refractivity contribution in [1.29, 1.82) is 0 Å². The fourth-order valence-electron chi connectivity index (χ4n) is 3.55. The molecule has 4 rings (SSSR count). The number of aryl methyl sites for hydroxylation is 1. The highest BCUT2D eigenvalue weighted by Gasteiger charge is 2.25. The average molecular weight is 399 g/mol. The van der Waals surface area contributed by atoms with Crippen molar-refractivity contribution in [2.45, 2.75) is 44.7 Å². The highest BCUT2D eigenvalue weighted by Crippen LogP contribution is 2.28. The number of imidazole rings is 1. The second kappa shape index (κ2) is 9.58. The fourth-order valence-corrected chi connectivity index (χ4v) is 3.55. The topological polar surface area (TPSA) is 50.2 Å². The Morgan fingerprint density at radius 3 is 2.58 bits per heavy atom. The van der Waals surface area contributed by atoms with E-state index >= 15 is 0 Å². The molecule has 1 amide bonds. The van der Waals surface area contributed by atoms with E-state index < -0.39 is 0 Å². The molecule has 1 aliphatic carbocycles. The predicted octanol–water partition coefficient (Wildman–Crippen LogP) is 3.26. The van der Waals surface area contributed by atoms with Gasteiger partial charge in [0.15, 0.2) is 0 Å². The molecular formula is C19H28Cl2N4O. The largest absolute Gasteiger partial charge is 0.343 e. The van der Waals surface area contributed by atoms with E-state index in [0.717, 1.165) is 42.9 Å². The van der Waals surface area contributed by atoms with Gasteiger partial charge in [0.25, 0.3) is 0 Å². The summed E-state index contributed by atoms with van der Waals surface area (Å²) in [5.74, 6) is 1.20. The van der Waals surface area contributed by atoms with Crippen molar-refractivity contribution in [3.63, 3.8) is 0 Å². The number of nitrogens with zero attached hydrogens (tertiary/aromatic N) is 3. The molecule has 1 saturated heterocycles. The molecule has 5 nitrogen and oxygen atoms in total. The van der Waals surface area contributed by atoms with Crippen molar-refractivity contribution < 1.29 is 4.79 Å². The number of aromatic nitrogens is 2. The molecule has 2 aliphatic rings. The van der Waals surface area contributed by atoms with Crippen LogP contribution in [0.4, 0.5) is 0 Å². The van der Waals surface area contributed by atoms with Crippen LogP contribution in [0.2, 0.25) is 0 Å². The van der Waals surface area contributed by atoms with Crippen LogP contribution in [-0.2, 0) is 11.3 Å². The summed E-state index contributed by atoms with van der Waals surface area (Å²) in [5.41, 5.74) is 2.10. The summed E-state index contributed by atoms with van der Waals surface area (Å²) < 4.78 is 2.08. The summed E-state index contributed by atoms with van der Waals surface area (Å²) in [5, 5.41) is 3.67. The molecule has 1 N–H and O–H groups in total. The van der Waals surface area contributed by atoms with Gasteiger partial charge in [0.1, 0.15) is 0 Å². The van der Waals surface area contributed by atoms with E-state index in [0.29, 0.717) is 19.0 Å². The van der Waals surface area contributed by atoms with Crippen molar-refractivity contribution in [3.05, 3.63) is 30.6 Å². The Labute approximate surface area is 167 Å². The van der Waals surface area contributed by atoms with Gasteiger partial charge in [-0.1, -0.05) is 12.1 Å². The minimum atomic E-state index is 0. The SMILES string of the molecule is Cl.Cl.O=C(CCn1cnc2ccccc21)N1CCC(NCC2CC2)CC1. The van der Waals surface area contributed by atoms with Crippen molar-refractivity contribution in [3.8, 4) is 0 Å². The summed E-state index contributed by atoms with van der Waals surface area (Å²) in [6.45, 7) is 3.67. The monoisotopic (exact) mass is 398 g/mol. The van der Waals surface area contributed by atoms with Gasteiger partial charge in [-0.3, -0.25) is 4.79 Å². The maximum absolute atomic E-state index is 12.5. The number of fused-ring (bicyclic) bond motifs is 1. The van der Waals surface area contributed by atoms with E-state index in [1.165, 1.54) is 19.4 Å². The fraction of sp³-hybridized carbons (Fsp3) is 0.579. The van der Waals surface area contributed by atoms with Gasteiger partial charge in [-0.05, 0) is 50.3 Å². The van der Waals surface area contributed by atoms with Crippen LogP contribution in [0.25, 0.3) is 11.0 Å². The number of halogens is 2. The van der Waals surface area contributed by atoms with Crippen LogP contribution in [0.15, 0.2) is 30.6 Å². The maximum atomic E-state index is 12.5. The van der Waals surface area contributed by atoms with Crippen LogP contribution < -0.4 is 5.32 Å². The normalized spacial score (nSPS) is 17.6. The first kappa shape index (κ1) is 21.0. The first-order valence-electron chi connectivity index (χ1n) is 9.20. The quantitative estimate of drug-likeness (QED) is 0.811. The Bertz CT molecular complexity index is 708. The molecule has 0 spiro atoms. The predicted molar refractivity (Wildman–Crippen MR) is 109 cm³/mol. The zero-order chi connectivity index (χ0) is 16.4. The second-order valence-corrected chi connectivity index (χ2v) is 7.18. The Hall–Kier alpha value is -1.30. The standard InChI is InChI=1S/C19H26N4O.2ClH/c24-19(9-12-23-14-21-17-3-1-2-4-18(17)23)22-10-7-16(8-11-22)20-13-15-5-6-15;;/h1-4,14-16,20H,5-13H2;2*1H. The van der Waals surface area contributed by atoms with Crippen LogP contribution in [0, 0.1) is 5.92 Å². The van der Waals surface area contributed by atoms with Crippen molar-refractivity contribution in [1.82, 2.24) is 19.8 Å². The number of piperidine rings is 1. The molecular weight excluding hydrogens is 371 g/mol. The molecule has 1 saturated carbocycles. The lowest BCUT2D eigenvalue weighted by atomic mass is 10.0. The number of rotatable bonds is 6. The van der Waals surface area contributed by atoms with Crippen LogP contribution in [-0.4, -0.2) is 46.0 Å². The molecule has 1 aliphatic heterocycles. The van der Waals surface area contributed by atoms with Crippen molar-refractivity contribution in [2.24, 2.45) is 5.92 Å². The molecule has 26 heavy (non-hydrogen) atoms. The van der Waals surface area contributed by atoms with E-state index in [4.69, 9.17) is 0 Å². The van der Waals surface area contributed by atoms with Crippen molar-refractivity contribution >= 4 is 41.8 Å². The second-order valence-electron chi connectivity index (χ2n) is 7.18. The summed E-state index contributed by atoms with van der Waals surface area (Å²) >= 11 is 0. The molecule has 0 radical (unpaired) electrons. The number of hydrogen-bond acceptors (Lipinski definition) is 3. The number of carbonyl (C=O) groups excluding carboxylic acids is 1. The summed E-state index contributed by atoms with van der Waals surface area (Å²) in [6.07, 6.45) is 7.37. The van der Waals surface area contributed by atoms with Gasteiger partial charge in [0.2, 0.25) is 5.91 Å². The number of hydrogen-bond donors (Lipinski definition) is 1. The molecule has 0 unspecified atom stereocenters. The lowest BCUT2D eigenvalue weighted by Gasteiger charge is -2.32. The highest BCUT2D eigenvalue weighted by atomic mass is 35.5. The molecule has 144 valence electrons. The summed E-state index contributed by atoms with van der Waals surface area (Å²) in [4.78, 5) is 18.9.